The van der Waals surface area contributed by atoms with Crippen molar-refractivity contribution in [1.29, 1.82) is 0 Å². The molecule has 4 aliphatic heterocycles. The van der Waals surface area contributed by atoms with Gasteiger partial charge in [-0.3, -0.25) is 14.4 Å². The van der Waals surface area contributed by atoms with Crippen molar-refractivity contribution in [3.8, 4) is 0 Å². The van der Waals surface area contributed by atoms with Gasteiger partial charge in [0.25, 0.3) is 0 Å². The maximum atomic E-state index is 13.5. The van der Waals surface area contributed by atoms with E-state index in [2.05, 4.69) is 5.32 Å². The van der Waals surface area contributed by atoms with E-state index >= 15 is 0 Å². The molecule has 4 heterocycles. The Morgan fingerprint density at radius 1 is 1.09 bits per heavy atom. The molecule has 15 heteroatoms. The maximum Gasteiger partial charge on any atom is 0.327 e. The number of nitrogens with one attached hydrogen (secondary N) is 1. The lowest BCUT2D eigenvalue weighted by Gasteiger charge is -2.48. The van der Waals surface area contributed by atoms with Crippen molar-refractivity contribution in [2.75, 3.05) is 33.2 Å². The molecule has 15 nitrogen and oxygen atoms in total. The lowest BCUT2D eigenvalue weighted by molar-refractivity contribution is -0.298. The van der Waals surface area contributed by atoms with E-state index in [1.807, 2.05) is 24.3 Å². The van der Waals surface area contributed by atoms with E-state index in [4.69, 9.17) is 28.5 Å². The number of hydrogen-bond donors (Lipinski definition) is 6. The van der Waals surface area contributed by atoms with Gasteiger partial charge in [0.1, 0.15) is 61.0 Å². The van der Waals surface area contributed by atoms with E-state index in [0.717, 1.165) is 11.1 Å². The molecule has 0 spiro atoms. The van der Waals surface area contributed by atoms with E-state index in [9.17, 15) is 35.1 Å². The summed E-state index contributed by atoms with van der Waals surface area (Å²) in [5.74, 6) is -0.980. The van der Waals surface area contributed by atoms with Crippen molar-refractivity contribution in [1.82, 2.24) is 10.4 Å². The van der Waals surface area contributed by atoms with Crippen LogP contribution in [-0.4, -0.2) is 137 Å². The molecule has 4 saturated heterocycles. The number of hydrogen-bond acceptors (Lipinski definition) is 14. The van der Waals surface area contributed by atoms with Gasteiger partial charge < -0.3 is 54.5 Å². The van der Waals surface area contributed by atoms with Crippen LogP contribution in [0.25, 0.3) is 6.08 Å². The number of ether oxygens (including phenoxy) is 5. The van der Waals surface area contributed by atoms with E-state index in [-0.39, 0.29) is 39.5 Å². The predicted octanol–water partition coefficient (Wildman–Crippen LogP) is -2.83. The van der Waals surface area contributed by atoms with Gasteiger partial charge in [-0.1, -0.05) is 36.4 Å². The quantitative estimate of drug-likeness (QED) is 0.148. The second-order valence-corrected chi connectivity index (χ2v) is 11.3. The minimum absolute atomic E-state index is 0.00475. The summed E-state index contributed by atoms with van der Waals surface area (Å²) >= 11 is 0. The van der Waals surface area contributed by atoms with Crippen LogP contribution < -0.4 is 5.32 Å². The standard InChI is InChI=1S/C28H36N2O13/c31-8-7-29-27(37)28-10-16-21-22(40-13-39-21)24(28)43-30(23(28)25(36)41-16)11-15-5-3-14(4-6-15)2-1-9-38-26-20(35)19(34)18(33)17(12-32)42-26/h1-6,16-24,26,31-35H,7-13H2,(H,29,37)/t16-,17-,18+,19+,20-,21+,22+,23+,24-,26+,28+/m1/s1. The van der Waals surface area contributed by atoms with Gasteiger partial charge >= 0.3 is 5.97 Å². The fraction of sp³-hybridized carbons (Fsp3) is 0.643. The third kappa shape index (κ3) is 5.38. The molecule has 236 valence electrons. The van der Waals surface area contributed by atoms with Crippen LogP contribution in [0.15, 0.2) is 30.3 Å². The molecule has 2 bridgehead atoms. The van der Waals surface area contributed by atoms with Crippen molar-refractivity contribution < 1.29 is 63.6 Å². The number of carbonyl (C=O) groups is 2. The lowest BCUT2D eigenvalue weighted by Crippen LogP contribution is -2.69. The second kappa shape index (κ2) is 12.5. The van der Waals surface area contributed by atoms with Crippen molar-refractivity contribution >= 4 is 18.0 Å². The molecule has 0 unspecified atom stereocenters. The molecule has 6 rings (SSSR count). The topological polar surface area (TPSA) is 206 Å². The molecule has 11 atom stereocenters. The van der Waals surface area contributed by atoms with Crippen molar-refractivity contribution in [3.63, 3.8) is 0 Å². The van der Waals surface area contributed by atoms with Crippen molar-refractivity contribution in [3.05, 3.63) is 41.5 Å². The highest BCUT2D eigenvalue weighted by Crippen LogP contribution is 2.55. The highest BCUT2D eigenvalue weighted by molar-refractivity contribution is 5.93. The minimum atomic E-state index is -1.52. The van der Waals surface area contributed by atoms with E-state index in [1.54, 1.807) is 12.2 Å². The first-order valence-corrected chi connectivity index (χ1v) is 14.2. The third-order valence-corrected chi connectivity index (χ3v) is 8.73. The zero-order valence-corrected chi connectivity index (χ0v) is 23.1. The molecule has 1 aromatic carbocycles. The summed E-state index contributed by atoms with van der Waals surface area (Å²) in [6, 6.07) is 6.35. The Labute approximate surface area is 246 Å². The van der Waals surface area contributed by atoms with Crippen LogP contribution in [0, 0.1) is 5.41 Å². The number of esters is 1. The normalized spacial score (nSPS) is 40.4. The number of amides is 1. The Balaban J connectivity index is 1.11. The molecular weight excluding hydrogens is 572 g/mol. The second-order valence-electron chi connectivity index (χ2n) is 11.3. The van der Waals surface area contributed by atoms with E-state index < -0.39 is 85.1 Å². The summed E-state index contributed by atoms with van der Waals surface area (Å²) in [6.45, 7) is -0.550. The fourth-order valence-electron chi connectivity index (χ4n) is 6.62. The minimum Gasteiger partial charge on any atom is -0.458 e. The highest BCUT2D eigenvalue weighted by atomic mass is 16.8. The summed E-state index contributed by atoms with van der Waals surface area (Å²) in [6.07, 6.45) is -5.64. The number of carbonyl (C=O) groups excluding carboxylic acids is 2. The smallest absolute Gasteiger partial charge is 0.327 e. The van der Waals surface area contributed by atoms with E-state index in [1.165, 1.54) is 5.06 Å². The number of nitrogens with zero attached hydrogens (tertiary/aromatic N) is 1. The Morgan fingerprint density at radius 2 is 1.86 bits per heavy atom. The maximum absolute atomic E-state index is 13.5. The molecule has 1 aliphatic carbocycles. The van der Waals surface area contributed by atoms with Gasteiger partial charge in [-0.25, -0.2) is 0 Å². The molecule has 5 aliphatic rings. The first-order chi connectivity index (χ1) is 20.8. The van der Waals surface area contributed by atoms with Crippen LogP contribution in [0.4, 0.5) is 0 Å². The average molecular weight is 609 g/mol. The molecular formula is C28H36N2O13. The molecule has 1 aromatic rings. The summed E-state index contributed by atoms with van der Waals surface area (Å²) in [7, 11) is 0. The van der Waals surface area contributed by atoms with Crippen LogP contribution in [-0.2, 0) is 44.7 Å². The first kappa shape index (κ1) is 30.5. The SMILES string of the molecule is O=C1O[C@@H]2C[C@@]3(C(=O)NCCO)[C@H](ON(Cc4ccc(C=CCO[C@H]5O[C@H](CO)[C@H](O)[C@H](O)[C@H]5O)cc4)[C@@H]13)[C@H]1OCO[C@H]12. The Hall–Kier alpha value is -2.54. The largest absolute Gasteiger partial charge is 0.458 e. The van der Waals surface area contributed by atoms with Crippen LogP contribution in [0.3, 0.4) is 0 Å². The molecule has 1 saturated carbocycles. The fourth-order valence-corrected chi connectivity index (χ4v) is 6.62. The highest BCUT2D eigenvalue weighted by Gasteiger charge is 2.74. The van der Waals surface area contributed by atoms with Crippen molar-refractivity contribution in [2.24, 2.45) is 5.41 Å². The van der Waals surface area contributed by atoms with Gasteiger partial charge in [-0.05, 0) is 11.1 Å². The summed E-state index contributed by atoms with van der Waals surface area (Å²) < 4.78 is 28.0. The van der Waals surface area contributed by atoms with Gasteiger partial charge in [0.2, 0.25) is 5.91 Å². The lowest BCUT2D eigenvalue weighted by atomic mass is 9.62. The van der Waals surface area contributed by atoms with Gasteiger partial charge in [0, 0.05) is 13.0 Å². The molecule has 6 N–H and O–H groups in total. The van der Waals surface area contributed by atoms with Gasteiger partial charge in [-0.15, -0.1) is 0 Å². The predicted molar refractivity (Wildman–Crippen MR) is 141 cm³/mol. The van der Waals surface area contributed by atoms with Gasteiger partial charge in [0.05, 0.1) is 26.4 Å². The summed E-state index contributed by atoms with van der Waals surface area (Å²) in [4.78, 5) is 33.1. The zero-order chi connectivity index (χ0) is 30.3. The number of aliphatic hydroxyl groups excluding tert-OH is 5. The van der Waals surface area contributed by atoms with Gasteiger partial charge in [-0.2, -0.15) is 5.06 Å². The molecule has 43 heavy (non-hydrogen) atoms. The van der Waals surface area contributed by atoms with Gasteiger partial charge in [0.15, 0.2) is 12.3 Å². The Morgan fingerprint density at radius 3 is 2.60 bits per heavy atom. The molecule has 5 fully saturated rings. The number of benzene rings is 1. The Bertz CT molecular complexity index is 1200. The number of hydroxylamine groups is 2. The van der Waals surface area contributed by atoms with Crippen LogP contribution >= 0.6 is 0 Å². The Kier molecular flexibility index (Phi) is 8.83. The van der Waals surface area contributed by atoms with Crippen molar-refractivity contribution in [2.45, 2.75) is 74.1 Å². The molecule has 0 radical (unpaired) electrons. The zero-order valence-electron chi connectivity index (χ0n) is 23.1. The summed E-state index contributed by atoms with van der Waals surface area (Å²) in [5, 5.41) is 52.6. The first-order valence-electron chi connectivity index (χ1n) is 14.2. The monoisotopic (exact) mass is 608 g/mol. The third-order valence-electron chi connectivity index (χ3n) is 8.73. The number of fused-ring (bicyclic) bond motifs is 4. The van der Waals surface area contributed by atoms with Crippen LogP contribution in [0.2, 0.25) is 0 Å². The average Bonchev–Trinajstić information content (AvgIpc) is 3.63. The number of rotatable bonds is 10. The summed E-state index contributed by atoms with van der Waals surface area (Å²) in [5.41, 5.74) is 0.346. The van der Waals surface area contributed by atoms with E-state index in [0.29, 0.717) is 0 Å². The molecule has 0 aromatic heterocycles. The van der Waals surface area contributed by atoms with Crippen LogP contribution in [0.5, 0.6) is 0 Å². The number of aliphatic hydroxyl groups is 5. The van der Waals surface area contributed by atoms with Crippen LogP contribution in [0.1, 0.15) is 17.5 Å². The molecule has 1 amide bonds.